The fraction of sp³-hybridized carbons (Fsp3) is 0.387. The van der Waals surface area contributed by atoms with Crippen LogP contribution in [0.4, 0.5) is 10.2 Å². The van der Waals surface area contributed by atoms with Gasteiger partial charge in [-0.15, -0.1) is 0 Å². The summed E-state index contributed by atoms with van der Waals surface area (Å²) in [5, 5.41) is 5.98. The van der Waals surface area contributed by atoms with Gasteiger partial charge in [0, 0.05) is 49.5 Å². The van der Waals surface area contributed by atoms with Gasteiger partial charge in [0.05, 0.1) is 0 Å². The Bertz CT molecular complexity index is 1280. The van der Waals surface area contributed by atoms with E-state index in [9.17, 15) is 14.0 Å². The third kappa shape index (κ3) is 5.94. The normalized spacial score (nSPS) is 24.8. The second-order valence-electron chi connectivity index (χ2n) is 10.9. The van der Waals surface area contributed by atoms with Gasteiger partial charge in [-0.1, -0.05) is 54.6 Å². The number of pyridine rings is 1. The van der Waals surface area contributed by atoms with Crippen LogP contribution in [0, 0.1) is 5.92 Å². The minimum Gasteiger partial charge on any atom is -0.354 e. The summed E-state index contributed by atoms with van der Waals surface area (Å²) in [5.74, 6) is 0.782. The predicted molar refractivity (Wildman–Crippen MR) is 148 cm³/mol. The molecule has 1 aromatic heterocycles. The molecule has 0 radical (unpaired) electrons. The van der Waals surface area contributed by atoms with Crippen molar-refractivity contribution < 1.29 is 14.0 Å². The molecular formula is C31H35FN4O2. The highest BCUT2D eigenvalue weighted by Gasteiger charge is 2.42. The zero-order valence-electron chi connectivity index (χ0n) is 21.8. The molecule has 2 fully saturated rings. The number of rotatable bonds is 7. The predicted octanol–water partition coefficient (Wildman–Crippen LogP) is 5.73. The first-order valence-corrected chi connectivity index (χ1v) is 13.5. The van der Waals surface area contributed by atoms with Crippen molar-refractivity contribution >= 4 is 17.6 Å². The number of amides is 2. The standard InChI is InChI=1S/C31H35FN4O2/c1-20(37)35-26-13-7-21(8-14-26)15-30(38)36-29-16-27(22-5-3-2-4-6-22)28(19-34-29)23-9-11-24(12-10-23)31(33)17-25(32)18-31/h2-6,9-12,16,19,21,25-26H,7-8,13-15,17-18,33H2,1H3,(H,35,37)(H,34,36,38)/t21-,25-,26-,31-. The van der Waals surface area contributed by atoms with Crippen LogP contribution in [0.1, 0.15) is 57.4 Å². The molecule has 3 aromatic rings. The van der Waals surface area contributed by atoms with E-state index in [1.165, 1.54) is 0 Å². The van der Waals surface area contributed by atoms with Crippen molar-refractivity contribution in [1.82, 2.24) is 10.3 Å². The Labute approximate surface area is 223 Å². The number of carbonyl (C=O) groups is 2. The van der Waals surface area contributed by atoms with Crippen molar-refractivity contribution in [3.63, 3.8) is 0 Å². The van der Waals surface area contributed by atoms with Gasteiger partial charge >= 0.3 is 0 Å². The molecular weight excluding hydrogens is 479 g/mol. The molecule has 5 rings (SSSR count). The van der Waals surface area contributed by atoms with Gasteiger partial charge in [-0.3, -0.25) is 9.59 Å². The molecule has 2 aromatic carbocycles. The highest BCUT2D eigenvalue weighted by atomic mass is 19.1. The lowest BCUT2D eigenvalue weighted by molar-refractivity contribution is -0.120. The van der Waals surface area contributed by atoms with E-state index in [1.807, 2.05) is 60.7 Å². The molecule has 4 N–H and O–H groups in total. The van der Waals surface area contributed by atoms with Crippen LogP contribution in [0.2, 0.25) is 0 Å². The van der Waals surface area contributed by atoms with E-state index in [2.05, 4.69) is 15.6 Å². The fourth-order valence-corrected chi connectivity index (χ4v) is 5.81. The highest BCUT2D eigenvalue weighted by molar-refractivity contribution is 5.92. The number of nitrogens with one attached hydrogen (secondary N) is 2. The maximum atomic E-state index is 13.5. The number of hydrogen-bond donors (Lipinski definition) is 3. The van der Waals surface area contributed by atoms with Crippen molar-refractivity contribution in [3.8, 4) is 22.3 Å². The Morgan fingerprint density at radius 3 is 2.26 bits per heavy atom. The van der Waals surface area contributed by atoms with Crippen molar-refractivity contribution in [2.75, 3.05) is 5.32 Å². The SMILES string of the molecule is CC(=O)N[C@H]1CC[C@H](CC(=O)Nc2cc(-c3ccccc3)c(-c3ccc([C@]4(N)C[C@H](F)C4)cc3)cn2)CC1. The molecule has 2 aliphatic carbocycles. The van der Waals surface area contributed by atoms with Crippen LogP contribution in [0.25, 0.3) is 22.3 Å². The molecule has 0 atom stereocenters. The van der Waals surface area contributed by atoms with Crippen LogP contribution in [-0.2, 0) is 15.1 Å². The Balaban J connectivity index is 1.31. The number of halogens is 1. The van der Waals surface area contributed by atoms with Crippen molar-refractivity contribution in [2.45, 2.75) is 69.6 Å². The van der Waals surface area contributed by atoms with Crippen molar-refractivity contribution in [2.24, 2.45) is 11.7 Å². The second kappa shape index (κ2) is 11.0. The van der Waals surface area contributed by atoms with E-state index in [4.69, 9.17) is 5.73 Å². The average molecular weight is 515 g/mol. The molecule has 2 aliphatic rings. The van der Waals surface area contributed by atoms with Crippen molar-refractivity contribution in [1.29, 1.82) is 0 Å². The summed E-state index contributed by atoms with van der Waals surface area (Å²) in [6.45, 7) is 1.54. The van der Waals surface area contributed by atoms with Crippen molar-refractivity contribution in [3.05, 3.63) is 72.4 Å². The van der Waals surface area contributed by atoms with E-state index >= 15 is 0 Å². The van der Waals surface area contributed by atoms with Crippen LogP contribution in [0.3, 0.4) is 0 Å². The second-order valence-corrected chi connectivity index (χ2v) is 10.9. The van der Waals surface area contributed by atoms with Crippen LogP contribution < -0.4 is 16.4 Å². The zero-order chi connectivity index (χ0) is 26.7. The Morgan fingerprint density at radius 1 is 0.974 bits per heavy atom. The summed E-state index contributed by atoms with van der Waals surface area (Å²) in [6, 6.07) is 20.1. The van der Waals surface area contributed by atoms with Gasteiger partial charge in [-0.25, -0.2) is 9.37 Å². The van der Waals surface area contributed by atoms with Gasteiger partial charge in [-0.05, 0) is 59.9 Å². The number of alkyl halides is 1. The summed E-state index contributed by atoms with van der Waals surface area (Å²) in [5.41, 5.74) is 10.6. The number of carbonyl (C=O) groups excluding carboxylic acids is 2. The topological polar surface area (TPSA) is 97.1 Å². The number of benzene rings is 2. The summed E-state index contributed by atoms with van der Waals surface area (Å²) < 4.78 is 13.5. The molecule has 6 nitrogen and oxygen atoms in total. The van der Waals surface area contributed by atoms with E-state index in [0.29, 0.717) is 31.0 Å². The van der Waals surface area contributed by atoms with Crippen LogP contribution in [0.5, 0.6) is 0 Å². The quantitative estimate of drug-likeness (QED) is 0.375. The van der Waals surface area contributed by atoms with E-state index in [0.717, 1.165) is 53.5 Å². The molecule has 0 unspecified atom stereocenters. The Morgan fingerprint density at radius 2 is 1.63 bits per heavy atom. The minimum absolute atomic E-state index is 0.00229. The first kappa shape index (κ1) is 26.0. The number of nitrogens with two attached hydrogens (primary N) is 1. The molecule has 0 aliphatic heterocycles. The van der Waals surface area contributed by atoms with E-state index < -0.39 is 11.7 Å². The van der Waals surface area contributed by atoms with Gasteiger partial charge in [-0.2, -0.15) is 0 Å². The molecule has 0 bridgehead atoms. The molecule has 0 saturated heterocycles. The highest BCUT2D eigenvalue weighted by Crippen LogP contribution is 2.42. The molecule has 198 valence electrons. The van der Waals surface area contributed by atoms with E-state index in [1.54, 1.807) is 13.1 Å². The average Bonchev–Trinajstić information content (AvgIpc) is 2.89. The first-order valence-electron chi connectivity index (χ1n) is 13.5. The van der Waals surface area contributed by atoms with Gasteiger partial charge in [0.25, 0.3) is 0 Å². The minimum atomic E-state index is -0.824. The van der Waals surface area contributed by atoms with Gasteiger partial charge < -0.3 is 16.4 Å². The first-order chi connectivity index (χ1) is 18.3. The van der Waals surface area contributed by atoms with Gasteiger partial charge in [0.15, 0.2) is 0 Å². The van der Waals surface area contributed by atoms with E-state index in [-0.39, 0.29) is 17.9 Å². The summed E-state index contributed by atoms with van der Waals surface area (Å²) in [6.07, 6.45) is 5.78. The largest absolute Gasteiger partial charge is 0.354 e. The third-order valence-corrected chi connectivity index (χ3v) is 7.93. The van der Waals surface area contributed by atoms with Gasteiger partial charge in [0.2, 0.25) is 11.8 Å². The molecule has 2 amide bonds. The number of nitrogens with zero attached hydrogens (tertiary/aromatic N) is 1. The Kier molecular flexibility index (Phi) is 7.56. The number of hydrogen-bond acceptors (Lipinski definition) is 4. The van der Waals surface area contributed by atoms with Crippen LogP contribution in [0.15, 0.2) is 66.9 Å². The number of anilines is 1. The molecule has 38 heavy (non-hydrogen) atoms. The zero-order valence-corrected chi connectivity index (χ0v) is 21.8. The molecule has 7 heteroatoms. The maximum absolute atomic E-state index is 13.5. The van der Waals surface area contributed by atoms with Gasteiger partial charge in [0.1, 0.15) is 12.0 Å². The molecule has 1 heterocycles. The molecule has 0 spiro atoms. The summed E-state index contributed by atoms with van der Waals surface area (Å²) >= 11 is 0. The lowest BCUT2D eigenvalue weighted by atomic mass is 9.71. The third-order valence-electron chi connectivity index (χ3n) is 7.93. The monoisotopic (exact) mass is 514 g/mol. The Hall–Kier alpha value is -3.58. The van der Waals surface area contributed by atoms with Crippen LogP contribution in [-0.4, -0.2) is 29.0 Å². The lowest BCUT2D eigenvalue weighted by Gasteiger charge is -2.41. The molecule has 2 saturated carbocycles. The summed E-state index contributed by atoms with van der Waals surface area (Å²) in [7, 11) is 0. The fourth-order valence-electron chi connectivity index (χ4n) is 5.81. The maximum Gasteiger partial charge on any atom is 0.225 e. The summed E-state index contributed by atoms with van der Waals surface area (Å²) in [4.78, 5) is 28.7. The number of aromatic nitrogens is 1. The smallest absolute Gasteiger partial charge is 0.225 e. The van der Waals surface area contributed by atoms with Crippen LogP contribution >= 0.6 is 0 Å². The lowest BCUT2D eigenvalue weighted by Crippen LogP contribution is -2.50.